The average Bonchev–Trinajstić information content (AvgIpc) is 2.64. The number of benzene rings is 1. The number of nitrogen functional groups attached to an aromatic ring is 1. The molecular weight excluding hydrogens is 240 g/mol. The Bertz CT molecular complexity index is 567. The van der Waals surface area contributed by atoms with Gasteiger partial charge in [0.2, 0.25) is 0 Å². The molecule has 0 radical (unpaired) electrons. The smallest absolute Gasteiger partial charge is 0.306 e. The van der Waals surface area contributed by atoms with Gasteiger partial charge in [0.1, 0.15) is 5.69 Å². The topological polar surface area (TPSA) is 87.0 Å². The first-order valence-electron chi connectivity index (χ1n) is 4.77. The summed E-state index contributed by atoms with van der Waals surface area (Å²) in [6.45, 7) is 0. The second kappa shape index (κ2) is 4.46. The Labute approximate surface area is 102 Å². The summed E-state index contributed by atoms with van der Waals surface area (Å²) in [5.41, 5.74) is 5.70. The molecule has 2 rings (SSSR count). The molecule has 0 saturated carbocycles. The molecule has 1 heterocycles. The highest BCUT2D eigenvalue weighted by atomic mass is 32.2. The van der Waals surface area contributed by atoms with E-state index in [0.29, 0.717) is 10.1 Å². The van der Waals surface area contributed by atoms with E-state index in [1.165, 1.54) is 17.8 Å². The molecule has 6 nitrogen and oxygen atoms in total. The number of hydrogen-bond donors (Lipinski definition) is 1. The van der Waals surface area contributed by atoms with Crippen LogP contribution in [0.3, 0.4) is 0 Å². The number of rotatable bonds is 3. The first kappa shape index (κ1) is 11.5. The highest BCUT2D eigenvalue weighted by molar-refractivity contribution is 7.99. The zero-order valence-electron chi connectivity index (χ0n) is 9.03. The van der Waals surface area contributed by atoms with Crippen LogP contribution >= 0.6 is 11.8 Å². The molecule has 88 valence electrons. The van der Waals surface area contributed by atoms with Crippen LogP contribution < -0.4 is 5.73 Å². The first-order valence-corrected chi connectivity index (χ1v) is 5.59. The number of aryl methyl sites for hydroxylation is 1. The third-order valence-electron chi connectivity index (χ3n) is 2.19. The molecule has 0 aliphatic heterocycles. The lowest BCUT2D eigenvalue weighted by Gasteiger charge is -2.04. The molecule has 0 unspecified atom stereocenters. The van der Waals surface area contributed by atoms with Crippen molar-refractivity contribution in [2.45, 2.75) is 10.1 Å². The van der Waals surface area contributed by atoms with Gasteiger partial charge in [-0.1, -0.05) is 6.07 Å². The fraction of sp³-hybridized carbons (Fsp3) is 0.100. The molecular formula is C10H10N4O2S. The largest absolute Gasteiger partial charge is 0.393 e. The normalized spacial score (nSPS) is 10.4. The number of nitrogens with two attached hydrogens (primary N) is 1. The molecule has 0 fully saturated rings. The summed E-state index contributed by atoms with van der Waals surface area (Å²) in [4.78, 5) is 15.1. The van der Waals surface area contributed by atoms with Gasteiger partial charge in [-0.25, -0.2) is 4.98 Å². The van der Waals surface area contributed by atoms with Crippen molar-refractivity contribution >= 4 is 23.1 Å². The molecule has 0 amide bonds. The molecule has 2 aromatic rings. The van der Waals surface area contributed by atoms with Crippen molar-refractivity contribution in [3.8, 4) is 0 Å². The van der Waals surface area contributed by atoms with E-state index in [1.807, 2.05) is 7.05 Å². The number of nitrogens with zero attached hydrogens (tertiary/aromatic N) is 3. The van der Waals surface area contributed by atoms with Crippen molar-refractivity contribution in [1.29, 1.82) is 0 Å². The Hall–Kier alpha value is -2.02. The van der Waals surface area contributed by atoms with Crippen molar-refractivity contribution in [3.63, 3.8) is 0 Å². The molecule has 1 aromatic heterocycles. The number of para-hydroxylation sites is 1. The fourth-order valence-electron chi connectivity index (χ4n) is 1.37. The summed E-state index contributed by atoms with van der Waals surface area (Å²) in [5, 5.41) is 11.6. The minimum atomic E-state index is -0.472. The van der Waals surface area contributed by atoms with E-state index in [2.05, 4.69) is 4.98 Å². The van der Waals surface area contributed by atoms with Gasteiger partial charge in [0.05, 0.1) is 9.82 Å². The number of nitro benzene ring substituents is 1. The van der Waals surface area contributed by atoms with Crippen LogP contribution in [0.4, 0.5) is 11.4 Å². The predicted molar refractivity (Wildman–Crippen MR) is 64.8 cm³/mol. The van der Waals surface area contributed by atoms with Gasteiger partial charge in [0.15, 0.2) is 5.16 Å². The van der Waals surface area contributed by atoms with Crippen molar-refractivity contribution in [2.24, 2.45) is 7.05 Å². The maximum atomic E-state index is 10.9. The summed E-state index contributed by atoms with van der Waals surface area (Å²) >= 11 is 1.22. The monoisotopic (exact) mass is 250 g/mol. The molecule has 0 bridgehead atoms. The van der Waals surface area contributed by atoms with Gasteiger partial charge in [0.25, 0.3) is 0 Å². The van der Waals surface area contributed by atoms with Gasteiger partial charge in [0, 0.05) is 19.4 Å². The number of aromatic nitrogens is 2. The molecule has 7 heteroatoms. The molecule has 0 aliphatic rings. The Kier molecular flexibility index (Phi) is 3.01. The van der Waals surface area contributed by atoms with Crippen LogP contribution in [-0.2, 0) is 7.05 Å². The van der Waals surface area contributed by atoms with Crippen LogP contribution in [0.1, 0.15) is 0 Å². The second-order valence-corrected chi connectivity index (χ2v) is 4.38. The van der Waals surface area contributed by atoms with Gasteiger partial charge in [-0.15, -0.1) is 0 Å². The quantitative estimate of drug-likeness (QED) is 0.512. The third-order valence-corrected chi connectivity index (χ3v) is 3.32. The standard InChI is InChI=1S/C10H10N4O2S/c1-13-6-5-12-10(13)17-8-4-2-3-7(11)9(8)14(15)16/h2-6H,11H2,1H3. The van der Waals surface area contributed by atoms with Gasteiger partial charge in [-0.3, -0.25) is 10.1 Å². The highest BCUT2D eigenvalue weighted by Gasteiger charge is 2.19. The summed E-state index contributed by atoms with van der Waals surface area (Å²) < 4.78 is 1.79. The summed E-state index contributed by atoms with van der Waals surface area (Å²) in [5.74, 6) is 0. The zero-order chi connectivity index (χ0) is 12.4. The van der Waals surface area contributed by atoms with Gasteiger partial charge < -0.3 is 10.3 Å². The van der Waals surface area contributed by atoms with Crippen LogP contribution in [0.25, 0.3) is 0 Å². The molecule has 0 spiro atoms. The molecule has 0 atom stereocenters. The number of nitro groups is 1. The minimum absolute atomic E-state index is 0.0690. The van der Waals surface area contributed by atoms with E-state index in [0.717, 1.165) is 0 Å². The summed E-state index contributed by atoms with van der Waals surface area (Å²) in [6.07, 6.45) is 3.42. The minimum Gasteiger partial charge on any atom is -0.393 e. The van der Waals surface area contributed by atoms with E-state index in [9.17, 15) is 10.1 Å². The zero-order valence-corrected chi connectivity index (χ0v) is 9.85. The molecule has 1 aromatic carbocycles. The van der Waals surface area contributed by atoms with Crippen LogP contribution in [0.5, 0.6) is 0 Å². The molecule has 0 saturated heterocycles. The number of imidazole rings is 1. The van der Waals surface area contributed by atoms with Crippen LogP contribution in [0, 0.1) is 10.1 Å². The maximum absolute atomic E-state index is 10.9. The molecule has 17 heavy (non-hydrogen) atoms. The third kappa shape index (κ3) is 2.23. The van der Waals surface area contributed by atoms with Gasteiger partial charge in [-0.05, 0) is 23.9 Å². The van der Waals surface area contributed by atoms with Crippen LogP contribution in [-0.4, -0.2) is 14.5 Å². The molecule has 0 aliphatic carbocycles. The van der Waals surface area contributed by atoms with E-state index in [1.54, 1.807) is 29.1 Å². The van der Waals surface area contributed by atoms with Crippen molar-refractivity contribution in [3.05, 3.63) is 40.7 Å². The maximum Gasteiger partial charge on any atom is 0.306 e. The van der Waals surface area contributed by atoms with Crippen molar-refractivity contribution < 1.29 is 4.92 Å². The van der Waals surface area contributed by atoms with Gasteiger partial charge >= 0.3 is 5.69 Å². The van der Waals surface area contributed by atoms with E-state index < -0.39 is 4.92 Å². The SMILES string of the molecule is Cn1ccnc1Sc1cccc(N)c1[N+](=O)[O-]. The number of anilines is 1. The lowest BCUT2D eigenvalue weighted by atomic mass is 10.3. The van der Waals surface area contributed by atoms with Crippen LogP contribution in [0.2, 0.25) is 0 Å². The van der Waals surface area contributed by atoms with Crippen molar-refractivity contribution in [2.75, 3.05) is 5.73 Å². The Balaban J connectivity index is 2.43. The summed E-state index contributed by atoms with van der Waals surface area (Å²) in [7, 11) is 1.83. The first-order chi connectivity index (χ1) is 8.09. The Morgan fingerprint density at radius 3 is 2.88 bits per heavy atom. The lowest BCUT2D eigenvalue weighted by Crippen LogP contribution is -1.98. The number of hydrogen-bond acceptors (Lipinski definition) is 5. The second-order valence-electron chi connectivity index (χ2n) is 3.37. The highest BCUT2D eigenvalue weighted by Crippen LogP contribution is 2.36. The van der Waals surface area contributed by atoms with Crippen LogP contribution in [0.15, 0.2) is 40.6 Å². The summed E-state index contributed by atoms with van der Waals surface area (Å²) in [6, 6.07) is 4.86. The van der Waals surface area contributed by atoms with E-state index in [4.69, 9.17) is 5.73 Å². The predicted octanol–water partition coefficient (Wildman–Crippen LogP) is 2.06. The van der Waals surface area contributed by atoms with Gasteiger partial charge in [-0.2, -0.15) is 0 Å². The fourth-order valence-corrected chi connectivity index (χ4v) is 2.32. The Morgan fingerprint density at radius 2 is 2.29 bits per heavy atom. The van der Waals surface area contributed by atoms with Crippen molar-refractivity contribution in [1.82, 2.24) is 9.55 Å². The lowest BCUT2D eigenvalue weighted by molar-refractivity contribution is -0.386. The van der Waals surface area contributed by atoms with E-state index in [-0.39, 0.29) is 11.4 Å². The average molecular weight is 250 g/mol. The Morgan fingerprint density at radius 1 is 1.53 bits per heavy atom. The molecule has 2 N–H and O–H groups in total. The van der Waals surface area contributed by atoms with E-state index >= 15 is 0 Å².